The summed E-state index contributed by atoms with van der Waals surface area (Å²) in [5.74, 6) is 0.691. The highest BCUT2D eigenvalue weighted by molar-refractivity contribution is 4.60. The van der Waals surface area contributed by atoms with Crippen molar-refractivity contribution in [3.05, 3.63) is 0 Å². The van der Waals surface area contributed by atoms with Crippen LogP contribution in [0.25, 0.3) is 0 Å². The molecule has 0 amide bonds. The number of hydrogen-bond donors (Lipinski definition) is 2. The van der Waals surface area contributed by atoms with E-state index in [1.165, 1.54) is 0 Å². The van der Waals surface area contributed by atoms with E-state index < -0.39 is 0 Å². The maximum atomic E-state index is 8.52. The van der Waals surface area contributed by atoms with E-state index in [2.05, 4.69) is 13.8 Å². The molecule has 0 aromatic heterocycles. The molecule has 3 heteroatoms. The lowest BCUT2D eigenvalue weighted by Crippen LogP contribution is -2.25. The number of aliphatic hydroxyl groups excluding tert-OH is 1. The quantitative estimate of drug-likeness (QED) is 0.600. The molecule has 12 heavy (non-hydrogen) atoms. The Morgan fingerprint density at radius 3 is 2.42 bits per heavy atom. The lowest BCUT2D eigenvalue weighted by Gasteiger charge is -2.16. The van der Waals surface area contributed by atoms with Crippen molar-refractivity contribution in [3.63, 3.8) is 0 Å². The molecule has 0 heterocycles. The van der Waals surface area contributed by atoms with Crippen LogP contribution in [-0.2, 0) is 4.74 Å². The summed E-state index contributed by atoms with van der Waals surface area (Å²) in [4.78, 5) is 0. The van der Waals surface area contributed by atoms with Gasteiger partial charge in [0.2, 0.25) is 0 Å². The second-order valence-electron chi connectivity index (χ2n) is 3.42. The highest BCUT2D eigenvalue weighted by atomic mass is 16.5. The zero-order chi connectivity index (χ0) is 9.40. The first kappa shape index (κ1) is 11.9. The van der Waals surface area contributed by atoms with Gasteiger partial charge in [0.15, 0.2) is 0 Å². The van der Waals surface area contributed by atoms with Gasteiger partial charge in [0.1, 0.15) is 0 Å². The zero-order valence-corrected chi connectivity index (χ0v) is 8.12. The third-order valence-electron chi connectivity index (χ3n) is 1.77. The predicted octanol–water partition coefficient (Wildman–Crippen LogP) is 0.759. The third-order valence-corrected chi connectivity index (χ3v) is 1.77. The smallest absolute Gasteiger partial charge is 0.0702 e. The molecule has 0 spiro atoms. The Morgan fingerprint density at radius 1 is 1.33 bits per heavy atom. The molecule has 0 aromatic carbocycles. The second-order valence-corrected chi connectivity index (χ2v) is 3.42. The van der Waals surface area contributed by atoms with E-state index >= 15 is 0 Å². The van der Waals surface area contributed by atoms with Gasteiger partial charge in [-0.05, 0) is 18.8 Å². The third kappa shape index (κ3) is 6.58. The highest BCUT2D eigenvalue weighted by Crippen LogP contribution is 2.08. The van der Waals surface area contributed by atoms with Crippen LogP contribution in [0.15, 0.2) is 0 Å². The summed E-state index contributed by atoms with van der Waals surface area (Å²) in [6.45, 7) is 5.39. The molecule has 0 radical (unpaired) electrons. The molecule has 0 rings (SSSR count). The van der Waals surface area contributed by atoms with Crippen LogP contribution in [0.5, 0.6) is 0 Å². The Hall–Kier alpha value is -0.120. The molecule has 3 N–H and O–H groups in total. The van der Waals surface area contributed by atoms with E-state index in [4.69, 9.17) is 15.6 Å². The summed E-state index contributed by atoms with van der Waals surface area (Å²) in [6, 6.07) is 0. The molecular formula is C9H21NO2. The van der Waals surface area contributed by atoms with Crippen molar-refractivity contribution in [1.29, 1.82) is 0 Å². The number of hydrogen-bond acceptors (Lipinski definition) is 3. The van der Waals surface area contributed by atoms with Crippen LogP contribution < -0.4 is 5.73 Å². The molecule has 1 unspecified atom stereocenters. The van der Waals surface area contributed by atoms with E-state index in [0.29, 0.717) is 19.1 Å². The maximum Gasteiger partial charge on any atom is 0.0702 e. The van der Waals surface area contributed by atoms with E-state index in [1.807, 2.05) is 0 Å². The molecule has 0 bridgehead atoms. The number of aliphatic hydroxyl groups is 1. The minimum absolute atomic E-state index is 0.0815. The van der Waals surface area contributed by atoms with Gasteiger partial charge in [0.25, 0.3) is 0 Å². The molecular weight excluding hydrogens is 154 g/mol. The molecule has 0 aromatic rings. The summed E-state index contributed by atoms with van der Waals surface area (Å²) in [5.41, 5.74) is 5.49. The Labute approximate surface area is 74.9 Å². The molecule has 0 aliphatic carbocycles. The Balaban J connectivity index is 3.39. The van der Waals surface area contributed by atoms with Gasteiger partial charge in [0.05, 0.1) is 19.3 Å². The van der Waals surface area contributed by atoms with Gasteiger partial charge >= 0.3 is 0 Å². The number of ether oxygens (including phenoxy) is 1. The minimum Gasteiger partial charge on any atom is -0.394 e. The van der Waals surface area contributed by atoms with Gasteiger partial charge < -0.3 is 15.6 Å². The van der Waals surface area contributed by atoms with Crippen LogP contribution in [0.3, 0.4) is 0 Å². The summed E-state index contributed by atoms with van der Waals surface area (Å²) in [7, 11) is 0. The molecule has 0 saturated heterocycles. The van der Waals surface area contributed by atoms with E-state index in [9.17, 15) is 0 Å². The van der Waals surface area contributed by atoms with Crippen molar-refractivity contribution < 1.29 is 9.84 Å². The Bertz CT molecular complexity index is 96.5. The van der Waals surface area contributed by atoms with Gasteiger partial charge in [0, 0.05) is 6.54 Å². The second kappa shape index (κ2) is 7.53. The molecule has 0 aliphatic rings. The van der Waals surface area contributed by atoms with Crippen molar-refractivity contribution in [2.45, 2.75) is 32.8 Å². The Kier molecular flexibility index (Phi) is 7.45. The van der Waals surface area contributed by atoms with Gasteiger partial charge in [-0.2, -0.15) is 0 Å². The van der Waals surface area contributed by atoms with Crippen LogP contribution in [0.1, 0.15) is 26.7 Å². The van der Waals surface area contributed by atoms with Gasteiger partial charge in [-0.3, -0.25) is 0 Å². The molecule has 1 atom stereocenters. The molecule has 74 valence electrons. The summed E-state index contributed by atoms with van der Waals surface area (Å²) in [6.07, 6.45) is 2.25. The fourth-order valence-electron chi connectivity index (χ4n) is 1.01. The van der Waals surface area contributed by atoms with Crippen LogP contribution in [0, 0.1) is 5.92 Å². The van der Waals surface area contributed by atoms with Crippen molar-refractivity contribution >= 4 is 0 Å². The lowest BCUT2D eigenvalue weighted by molar-refractivity contribution is 0.0265. The number of nitrogens with two attached hydrogens (primary N) is 1. The van der Waals surface area contributed by atoms with Crippen molar-refractivity contribution in [2.24, 2.45) is 11.7 Å². The van der Waals surface area contributed by atoms with Gasteiger partial charge in [-0.1, -0.05) is 13.8 Å². The lowest BCUT2D eigenvalue weighted by atomic mass is 10.1. The van der Waals surface area contributed by atoms with Crippen LogP contribution in [0.4, 0.5) is 0 Å². The SMILES string of the molecule is CC(C)CCC(CN)OCCO. The van der Waals surface area contributed by atoms with Crippen molar-refractivity contribution in [3.8, 4) is 0 Å². The first-order valence-corrected chi connectivity index (χ1v) is 4.63. The van der Waals surface area contributed by atoms with Crippen molar-refractivity contribution in [2.75, 3.05) is 19.8 Å². The average Bonchev–Trinajstić information content (AvgIpc) is 2.05. The highest BCUT2D eigenvalue weighted by Gasteiger charge is 2.06. The fraction of sp³-hybridized carbons (Fsp3) is 1.00. The summed E-state index contributed by atoms with van der Waals surface area (Å²) in [5, 5.41) is 8.52. The van der Waals surface area contributed by atoms with Crippen LogP contribution >= 0.6 is 0 Å². The van der Waals surface area contributed by atoms with Crippen LogP contribution in [-0.4, -0.2) is 31.0 Å². The largest absolute Gasteiger partial charge is 0.394 e. The summed E-state index contributed by atoms with van der Waals surface area (Å²) < 4.78 is 5.32. The maximum absolute atomic E-state index is 8.52. The standard InChI is InChI=1S/C9H21NO2/c1-8(2)3-4-9(7-10)12-6-5-11/h8-9,11H,3-7,10H2,1-2H3. The normalized spacial score (nSPS) is 13.8. The van der Waals surface area contributed by atoms with E-state index in [0.717, 1.165) is 12.8 Å². The van der Waals surface area contributed by atoms with Gasteiger partial charge in [-0.15, -0.1) is 0 Å². The predicted molar refractivity (Wildman–Crippen MR) is 50.0 cm³/mol. The first-order chi connectivity index (χ1) is 5.70. The van der Waals surface area contributed by atoms with Crippen molar-refractivity contribution in [1.82, 2.24) is 0 Å². The zero-order valence-electron chi connectivity index (χ0n) is 8.12. The first-order valence-electron chi connectivity index (χ1n) is 4.63. The van der Waals surface area contributed by atoms with Crippen LogP contribution in [0.2, 0.25) is 0 Å². The topological polar surface area (TPSA) is 55.5 Å². The molecule has 0 saturated carbocycles. The average molecular weight is 175 g/mol. The molecule has 3 nitrogen and oxygen atoms in total. The monoisotopic (exact) mass is 175 g/mol. The van der Waals surface area contributed by atoms with Gasteiger partial charge in [-0.25, -0.2) is 0 Å². The van der Waals surface area contributed by atoms with E-state index in [-0.39, 0.29) is 12.7 Å². The fourth-order valence-corrected chi connectivity index (χ4v) is 1.01. The molecule has 0 aliphatic heterocycles. The number of rotatable bonds is 7. The molecule has 0 fully saturated rings. The summed E-state index contributed by atoms with van der Waals surface area (Å²) >= 11 is 0. The minimum atomic E-state index is 0.0815. The Morgan fingerprint density at radius 2 is 2.00 bits per heavy atom. The van der Waals surface area contributed by atoms with E-state index in [1.54, 1.807) is 0 Å².